The highest BCUT2D eigenvalue weighted by molar-refractivity contribution is 6.13. The molecule has 5 nitrogen and oxygen atoms in total. The van der Waals surface area contributed by atoms with Crippen LogP contribution in [-0.4, -0.2) is 27.9 Å². The Morgan fingerprint density at radius 2 is 2.00 bits per heavy atom. The van der Waals surface area contributed by atoms with Crippen LogP contribution < -0.4 is 0 Å². The maximum atomic E-state index is 9.99. The lowest BCUT2D eigenvalue weighted by Gasteiger charge is -2.01. The Morgan fingerprint density at radius 3 is 2.68 bits per heavy atom. The minimum Gasteiger partial charge on any atom is -0.507 e. The van der Waals surface area contributed by atoms with E-state index in [4.69, 9.17) is 9.73 Å². The summed E-state index contributed by atoms with van der Waals surface area (Å²) >= 11 is 0. The first-order chi connectivity index (χ1) is 12.0. The number of aliphatic imine (C=N–C) groups is 1. The second-order valence-corrected chi connectivity index (χ2v) is 6.21. The molecule has 1 aliphatic heterocycles. The number of aromatic amines is 2. The average molecular weight is 333 g/mol. The number of phenols is 1. The number of rotatable bonds is 3. The highest BCUT2D eigenvalue weighted by Gasteiger charge is 2.19. The van der Waals surface area contributed by atoms with Gasteiger partial charge in [0.15, 0.2) is 0 Å². The predicted octanol–water partition coefficient (Wildman–Crippen LogP) is 4.19. The Hall–Kier alpha value is -3.21. The second kappa shape index (κ2) is 5.70. The molecule has 2 aromatic heterocycles. The maximum absolute atomic E-state index is 9.99. The van der Waals surface area contributed by atoms with Crippen molar-refractivity contribution >= 4 is 22.7 Å². The van der Waals surface area contributed by atoms with E-state index in [9.17, 15) is 5.11 Å². The van der Waals surface area contributed by atoms with Crippen molar-refractivity contribution in [1.29, 1.82) is 0 Å². The molecule has 0 amide bonds. The van der Waals surface area contributed by atoms with Gasteiger partial charge in [-0.15, -0.1) is 0 Å². The van der Waals surface area contributed by atoms with Crippen LogP contribution in [-0.2, 0) is 4.74 Å². The van der Waals surface area contributed by atoms with Crippen LogP contribution in [0.5, 0.6) is 5.75 Å². The zero-order valence-electron chi connectivity index (χ0n) is 14.3. The van der Waals surface area contributed by atoms with E-state index in [1.807, 2.05) is 37.3 Å². The zero-order chi connectivity index (χ0) is 17.6. The lowest BCUT2D eigenvalue weighted by Crippen LogP contribution is -1.93. The van der Waals surface area contributed by atoms with E-state index in [1.54, 1.807) is 13.2 Å². The number of aromatic hydroxyl groups is 1. The third-order valence-electron chi connectivity index (χ3n) is 4.37. The second-order valence-electron chi connectivity index (χ2n) is 6.21. The number of phenolic OH excluding ortho intramolecular Hbond substituents is 1. The SMILES string of the molecule is COC1=CC(c2cc3c(O)cccc3[nH]2)=N/C1=C\c1[nH]c(C)cc1C. The number of nitrogens with one attached hydrogen (secondary N) is 2. The molecule has 126 valence electrons. The summed E-state index contributed by atoms with van der Waals surface area (Å²) in [6.45, 7) is 4.09. The van der Waals surface area contributed by atoms with Gasteiger partial charge in [-0.2, -0.15) is 0 Å². The Balaban J connectivity index is 1.78. The molecule has 0 saturated heterocycles. The predicted molar refractivity (Wildman–Crippen MR) is 99.8 cm³/mol. The molecule has 3 heterocycles. The van der Waals surface area contributed by atoms with Crippen molar-refractivity contribution in [3.05, 3.63) is 70.5 Å². The van der Waals surface area contributed by atoms with Crippen molar-refractivity contribution in [1.82, 2.24) is 9.97 Å². The first kappa shape index (κ1) is 15.3. The summed E-state index contributed by atoms with van der Waals surface area (Å²) in [5.74, 6) is 0.965. The molecule has 3 aromatic rings. The Morgan fingerprint density at radius 1 is 1.16 bits per heavy atom. The van der Waals surface area contributed by atoms with Gasteiger partial charge in [0, 0.05) is 28.4 Å². The lowest BCUT2D eigenvalue weighted by atomic mass is 10.2. The zero-order valence-corrected chi connectivity index (χ0v) is 14.3. The van der Waals surface area contributed by atoms with Gasteiger partial charge in [-0.1, -0.05) is 6.07 Å². The number of H-pyrrole nitrogens is 2. The number of allylic oxidation sites excluding steroid dienone is 1. The van der Waals surface area contributed by atoms with Crippen LogP contribution in [0.2, 0.25) is 0 Å². The van der Waals surface area contributed by atoms with Crippen molar-refractivity contribution in [3.63, 3.8) is 0 Å². The molecule has 5 heteroatoms. The van der Waals surface area contributed by atoms with Gasteiger partial charge in [0.2, 0.25) is 0 Å². The van der Waals surface area contributed by atoms with Gasteiger partial charge < -0.3 is 19.8 Å². The molecule has 0 unspecified atom stereocenters. The summed E-state index contributed by atoms with van der Waals surface area (Å²) in [5, 5.41) is 10.8. The van der Waals surface area contributed by atoms with E-state index in [0.717, 1.165) is 39.4 Å². The number of hydrogen-bond acceptors (Lipinski definition) is 3. The molecule has 3 N–H and O–H groups in total. The average Bonchev–Trinajstić information content (AvgIpc) is 3.25. The molecule has 0 atom stereocenters. The van der Waals surface area contributed by atoms with Crippen molar-refractivity contribution < 1.29 is 9.84 Å². The molecule has 0 fully saturated rings. The van der Waals surface area contributed by atoms with Gasteiger partial charge in [0.25, 0.3) is 0 Å². The quantitative estimate of drug-likeness (QED) is 0.672. The number of hydrogen-bond donors (Lipinski definition) is 3. The highest BCUT2D eigenvalue weighted by Crippen LogP contribution is 2.29. The fraction of sp³-hybridized carbons (Fsp3) is 0.150. The Kier molecular flexibility index (Phi) is 3.50. The number of methoxy groups -OCH3 is 1. The van der Waals surface area contributed by atoms with Crippen LogP contribution in [0.25, 0.3) is 17.0 Å². The van der Waals surface area contributed by atoms with Crippen LogP contribution >= 0.6 is 0 Å². The van der Waals surface area contributed by atoms with Gasteiger partial charge >= 0.3 is 0 Å². The summed E-state index contributed by atoms with van der Waals surface area (Å²) < 4.78 is 5.49. The number of aryl methyl sites for hydroxylation is 2. The summed E-state index contributed by atoms with van der Waals surface area (Å²) in [4.78, 5) is 11.3. The van der Waals surface area contributed by atoms with Gasteiger partial charge in [0.1, 0.15) is 17.2 Å². The Labute approximate surface area is 145 Å². The molecule has 0 bridgehead atoms. The molecular formula is C20H19N3O2. The van der Waals surface area contributed by atoms with Crippen molar-refractivity contribution in [2.45, 2.75) is 13.8 Å². The molecule has 0 saturated carbocycles. The van der Waals surface area contributed by atoms with Gasteiger partial charge in [-0.3, -0.25) is 0 Å². The minimum absolute atomic E-state index is 0.253. The molecule has 25 heavy (non-hydrogen) atoms. The number of aromatic nitrogens is 2. The van der Waals surface area contributed by atoms with Crippen molar-refractivity contribution in [2.75, 3.05) is 7.11 Å². The fourth-order valence-corrected chi connectivity index (χ4v) is 3.13. The monoisotopic (exact) mass is 333 g/mol. The van der Waals surface area contributed by atoms with Crippen LogP contribution in [0.1, 0.15) is 22.6 Å². The van der Waals surface area contributed by atoms with E-state index >= 15 is 0 Å². The minimum atomic E-state index is 0.253. The highest BCUT2D eigenvalue weighted by atomic mass is 16.5. The molecular weight excluding hydrogens is 314 g/mol. The van der Waals surface area contributed by atoms with E-state index in [0.29, 0.717) is 5.76 Å². The maximum Gasteiger partial charge on any atom is 0.146 e. The normalized spacial score (nSPS) is 15.7. The van der Waals surface area contributed by atoms with Crippen LogP contribution in [0, 0.1) is 13.8 Å². The molecule has 0 aliphatic carbocycles. The van der Waals surface area contributed by atoms with Crippen molar-refractivity contribution in [2.24, 2.45) is 4.99 Å². The molecule has 1 aliphatic rings. The standard InChI is InChI=1S/C20H19N3O2/c1-11-7-12(2)21-15(11)9-18-20(25-3)10-17(23-18)16-8-13-14(22-16)5-4-6-19(13)24/h4-10,21-22,24H,1-3H3/b18-9-. The van der Waals surface area contributed by atoms with E-state index < -0.39 is 0 Å². The van der Waals surface area contributed by atoms with E-state index in [1.165, 1.54) is 5.56 Å². The topological polar surface area (TPSA) is 73.4 Å². The molecule has 1 aromatic carbocycles. The van der Waals surface area contributed by atoms with Crippen molar-refractivity contribution in [3.8, 4) is 5.75 Å². The van der Waals surface area contributed by atoms with Gasteiger partial charge in [0.05, 0.1) is 18.5 Å². The third-order valence-corrected chi connectivity index (χ3v) is 4.37. The fourth-order valence-electron chi connectivity index (χ4n) is 3.13. The van der Waals surface area contributed by atoms with Gasteiger partial charge in [-0.25, -0.2) is 4.99 Å². The molecule has 0 radical (unpaired) electrons. The van der Waals surface area contributed by atoms with E-state index in [2.05, 4.69) is 23.0 Å². The third kappa shape index (κ3) is 2.63. The summed E-state index contributed by atoms with van der Waals surface area (Å²) in [5.41, 5.74) is 6.56. The number of benzene rings is 1. The number of fused-ring (bicyclic) bond motifs is 1. The van der Waals surface area contributed by atoms with Gasteiger partial charge in [-0.05, 0) is 49.8 Å². The number of ether oxygens (including phenoxy) is 1. The Bertz CT molecular complexity index is 1060. The van der Waals surface area contributed by atoms with Crippen LogP contribution in [0.3, 0.4) is 0 Å². The summed E-state index contributed by atoms with van der Waals surface area (Å²) in [7, 11) is 1.64. The van der Waals surface area contributed by atoms with Crippen LogP contribution in [0.15, 0.2) is 52.9 Å². The number of nitrogens with zero attached hydrogens (tertiary/aromatic N) is 1. The summed E-state index contributed by atoms with van der Waals surface area (Å²) in [6, 6.07) is 9.42. The largest absolute Gasteiger partial charge is 0.507 e. The van der Waals surface area contributed by atoms with E-state index in [-0.39, 0.29) is 5.75 Å². The summed E-state index contributed by atoms with van der Waals surface area (Å²) in [6.07, 6.45) is 3.89. The smallest absolute Gasteiger partial charge is 0.146 e. The first-order valence-electron chi connectivity index (χ1n) is 8.09. The first-order valence-corrected chi connectivity index (χ1v) is 8.09. The molecule has 0 spiro atoms. The molecule has 4 rings (SSSR count). The lowest BCUT2D eigenvalue weighted by molar-refractivity contribution is 0.303. The van der Waals surface area contributed by atoms with Crippen LogP contribution in [0.4, 0.5) is 0 Å².